The van der Waals surface area contributed by atoms with Crippen LogP contribution in [0.5, 0.6) is 5.75 Å². The van der Waals surface area contributed by atoms with Crippen LogP contribution in [0.2, 0.25) is 0 Å². The van der Waals surface area contributed by atoms with Crippen molar-refractivity contribution >= 4 is 49.7 Å². The Hall–Kier alpha value is -4.04. The van der Waals surface area contributed by atoms with Crippen LogP contribution in [0.1, 0.15) is 40.3 Å². The number of hydrogen-bond acceptors (Lipinski definition) is 4. The molecule has 5 aromatic rings. The number of ether oxygens (including phenoxy) is 1. The number of carboxylic acid groups (broad SMARTS) is 1. The molecule has 0 bridgehead atoms. The molecule has 3 aromatic carbocycles. The first-order chi connectivity index (χ1) is 18.4. The summed E-state index contributed by atoms with van der Waals surface area (Å²) in [6.07, 6.45) is 0.605. The molecule has 0 saturated carbocycles. The zero-order valence-corrected chi connectivity index (χ0v) is 22.3. The van der Waals surface area contributed by atoms with E-state index >= 15 is 0 Å². The van der Waals surface area contributed by atoms with Gasteiger partial charge in [-0.15, -0.1) is 0 Å². The van der Waals surface area contributed by atoms with E-state index < -0.39 is 12.0 Å². The SMILES string of the molecule is CCOc1ccc([C@@H]2c3c(c4ccccc4n3CC(=O)O)CCN2C(=O)c2cc3cc(Br)ccc3o2)cc1. The number of carboxylic acids is 1. The molecule has 7 nitrogen and oxygen atoms in total. The van der Waals surface area contributed by atoms with E-state index in [1.165, 1.54) is 0 Å². The van der Waals surface area contributed by atoms with Gasteiger partial charge < -0.3 is 23.7 Å². The number of carbonyl (C=O) groups is 2. The van der Waals surface area contributed by atoms with Crippen LogP contribution in [-0.2, 0) is 17.8 Å². The van der Waals surface area contributed by atoms with Gasteiger partial charge >= 0.3 is 5.97 Å². The third-order valence-electron chi connectivity index (χ3n) is 7.04. The number of benzene rings is 3. The quantitative estimate of drug-likeness (QED) is 0.254. The van der Waals surface area contributed by atoms with Crippen LogP contribution in [0.4, 0.5) is 0 Å². The van der Waals surface area contributed by atoms with Gasteiger partial charge in [0.2, 0.25) is 0 Å². The lowest BCUT2D eigenvalue weighted by Gasteiger charge is -2.37. The molecule has 1 amide bonds. The number of aromatic nitrogens is 1. The molecule has 2 aromatic heterocycles. The first kappa shape index (κ1) is 24.3. The van der Waals surface area contributed by atoms with Crippen molar-refractivity contribution in [2.45, 2.75) is 25.9 Å². The van der Waals surface area contributed by atoms with Crippen molar-refractivity contribution in [3.05, 3.63) is 99.9 Å². The molecule has 1 aliphatic rings. The van der Waals surface area contributed by atoms with Crippen LogP contribution in [0.25, 0.3) is 21.9 Å². The van der Waals surface area contributed by atoms with Crippen molar-refractivity contribution in [1.82, 2.24) is 9.47 Å². The minimum absolute atomic E-state index is 0.204. The Bertz CT molecular complexity index is 1680. The lowest BCUT2D eigenvalue weighted by molar-refractivity contribution is -0.137. The molecule has 0 spiro atoms. The molecular weight excluding hydrogens is 548 g/mol. The first-order valence-electron chi connectivity index (χ1n) is 12.5. The van der Waals surface area contributed by atoms with Gasteiger partial charge in [0, 0.05) is 33.0 Å². The standard InChI is InChI=1S/C30H25BrN2O5/c1-2-37-21-10-7-18(8-11-21)28-29-23(22-5-3-4-6-24(22)33(29)17-27(34)35)13-14-32(28)30(36)26-16-19-15-20(31)9-12-25(19)38-26/h3-12,15-16,28H,2,13-14,17H2,1H3,(H,34,35)/t28-/m1/s1. The van der Waals surface area contributed by atoms with Gasteiger partial charge in [-0.1, -0.05) is 46.3 Å². The largest absolute Gasteiger partial charge is 0.494 e. The summed E-state index contributed by atoms with van der Waals surface area (Å²) in [5.74, 6) is -0.197. The smallest absolute Gasteiger partial charge is 0.323 e. The van der Waals surface area contributed by atoms with E-state index in [0.717, 1.165) is 43.3 Å². The zero-order valence-electron chi connectivity index (χ0n) is 20.7. The number of carbonyl (C=O) groups excluding carboxylic acids is 1. The van der Waals surface area contributed by atoms with Crippen LogP contribution < -0.4 is 4.74 Å². The van der Waals surface area contributed by atoms with Crippen molar-refractivity contribution in [2.75, 3.05) is 13.2 Å². The first-order valence-corrected chi connectivity index (χ1v) is 13.3. The highest BCUT2D eigenvalue weighted by Crippen LogP contribution is 2.42. The van der Waals surface area contributed by atoms with Gasteiger partial charge in [-0.25, -0.2) is 0 Å². The van der Waals surface area contributed by atoms with Gasteiger partial charge in [-0.2, -0.15) is 0 Å². The summed E-state index contributed by atoms with van der Waals surface area (Å²) in [6, 6.07) is 22.4. The molecule has 0 aliphatic carbocycles. The molecule has 1 N–H and O–H groups in total. The second kappa shape index (κ2) is 9.68. The molecule has 0 unspecified atom stereocenters. The van der Waals surface area contributed by atoms with Gasteiger partial charge in [0.25, 0.3) is 5.91 Å². The molecule has 1 aliphatic heterocycles. The molecule has 1 atom stereocenters. The van der Waals surface area contributed by atoms with E-state index in [2.05, 4.69) is 15.9 Å². The number of aliphatic carboxylic acids is 1. The molecule has 0 fully saturated rings. The average Bonchev–Trinajstić information content (AvgIpc) is 3.47. The summed E-state index contributed by atoms with van der Waals surface area (Å²) in [5.41, 5.74) is 4.23. The highest BCUT2D eigenvalue weighted by molar-refractivity contribution is 9.10. The van der Waals surface area contributed by atoms with E-state index in [1.54, 1.807) is 11.0 Å². The minimum atomic E-state index is -0.940. The Morgan fingerprint density at radius 3 is 2.63 bits per heavy atom. The third-order valence-corrected chi connectivity index (χ3v) is 7.54. The summed E-state index contributed by atoms with van der Waals surface area (Å²) in [5, 5.41) is 11.7. The summed E-state index contributed by atoms with van der Waals surface area (Å²) < 4.78 is 14.4. The number of hydrogen-bond donors (Lipinski definition) is 1. The van der Waals surface area contributed by atoms with Crippen LogP contribution >= 0.6 is 15.9 Å². The number of para-hydroxylation sites is 1. The predicted octanol–water partition coefficient (Wildman–Crippen LogP) is 6.42. The van der Waals surface area contributed by atoms with Crippen LogP contribution in [0.3, 0.4) is 0 Å². The predicted molar refractivity (Wildman–Crippen MR) is 148 cm³/mol. The molecule has 0 radical (unpaired) electrons. The number of rotatable bonds is 6. The van der Waals surface area contributed by atoms with Crippen LogP contribution in [0.15, 0.2) is 81.7 Å². The number of furan rings is 1. The van der Waals surface area contributed by atoms with Gasteiger partial charge in [0.1, 0.15) is 17.9 Å². The van der Waals surface area contributed by atoms with Crippen molar-refractivity contribution in [3.8, 4) is 5.75 Å². The minimum Gasteiger partial charge on any atom is -0.494 e. The van der Waals surface area contributed by atoms with Crippen LogP contribution in [-0.4, -0.2) is 39.6 Å². The number of nitrogens with zero attached hydrogens (tertiary/aromatic N) is 2. The highest BCUT2D eigenvalue weighted by atomic mass is 79.9. The number of halogens is 1. The fourth-order valence-corrected chi connectivity index (χ4v) is 5.89. The van der Waals surface area contributed by atoms with Gasteiger partial charge in [-0.3, -0.25) is 9.59 Å². The Labute approximate surface area is 227 Å². The van der Waals surface area contributed by atoms with Gasteiger partial charge in [0.15, 0.2) is 5.76 Å². The summed E-state index contributed by atoms with van der Waals surface area (Å²) >= 11 is 3.48. The second-order valence-corrected chi connectivity index (χ2v) is 10.2. The van der Waals surface area contributed by atoms with Crippen LogP contribution in [0, 0.1) is 0 Å². The summed E-state index contributed by atoms with van der Waals surface area (Å²) in [6.45, 7) is 2.74. The molecule has 192 valence electrons. The van der Waals surface area contributed by atoms with E-state index in [4.69, 9.17) is 9.15 Å². The molecule has 0 saturated heterocycles. The van der Waals surface area contributed by atoms with Crippen molar-refractivity contribution in [3.63, 3.8) is 0 Å². The maximum Gasteiger partial charge on any atom is 0.323 e. The Morgan fingerprint density at radius 1 is 1.08 bits per heavy atom. The van der Waals surface area contributed by atoms with Crippen molar-refractivity contribution < 1.29 is 23.8 Å². The zero-order chi connectivity index (χ0) is 26.4. The topological polar surface area (TPSA) is 84.9 Å². The number of amides is 1. The normalized spacial score (nSPS) is 15.1. The lowest BCUT2D eigenvalue weighted by atomic mass is 9.91. The van der Waals surface area contributed by atoms with Crippen molar-refractivity contribution in [2.24, 2.45) is 0 Å². The molecule has 38 heavy (non-hydrogen) atoms. The summed E-state index contributed by atoms with van der Waals surface area (Å²) in [7, 11) is 0. The van der Waals surface area contributed by atoms with Crippen molar-refractivity contribution in [1.29, 1.82) is 0 Å². The van der Waals surface area contributed by atoms with Gasteiger partial charge in [0.05, 0.1) is 12.6 Å². The highest BCUT2D eigenvalue weighted by Gasteiger charge is 2.38. The van der Waals surface area contributed by atoms with E-state index in [9.17, 15) is 14.7 Å². The average molecular weight is 573 g/mol. The Balaban J connectivity index is 1.53. The fourth-order valence-electron chi connectivity index (χ4n) is 5.52. The maximum absolute atomic E-state index is 14.0. The van der Waals surface area contributed by atoms with E-state index in [-0.39, 0.29) is 18.2 Å². The third kappa shape index (κ3) is 4.15. The Morgan fingerprint density at radius 2 is 1.87 bits per heavy atom. The maximum atomic E-state index is 14.0. The molecule has 6 rings (SSSR count). The molecular formula is C30H25BrN2O5. The van der Waals surface area contributed by atoms with Gasteiger partial charge in [-0.05, 0) is 66.9 Å². The van der Waals surface area contributed by atoms with E-state index in [0.29, 0.717) is 25.2 Å². The second-order valence-electron chi connectivity index (χ2n) is 9.31. The summed E-state index contributed by atoms with van der Waals surface area (Å²) in [4.78, 5) is 27.8. The van der Waals surface area contributed by atoms with E-state index in [1.807, 2.05) is 78.2 Å². The fraction of sp³-hybridized carbons (Fsp3) is 0.200. The molecule has 3 heterocycles. The lowest BCUT2D eigenvalue weighted by Crippen LogP contribution is -2.41. The monoisotopic (exact) mass is 572 g/mol. The molecule has 8 heteroatoms. The Kier molecular flexibility index (Phi) is 6.19. The number of fused-ring (bicyclic) bond motifs is 4.